The molecule has 158 valence electrons. The molecule has 10 heteroatoms. The normalized spacial score (nSPS) is 20.3. The van der Waals surface area contributed by atoms with Crippen molar-refractivity contribution in [1.82, 2.24) is 25.2 Å². The molecule has 2 amide bonds. The van der Waals surface area contributed by atoms with Gasteiger partial charge in [-0.05, 0) is 44.2 Å². The Labute approximate surface area is 170 Å². The van der Waals surface area contributed by atoms with E-state index in [-0.39, 0.29) is 17.8 Å². The van der Waals surface area contributed by atoms with E-state index in [0.717, 1.165) is 42.1 Å². The Morgan fingerprint density at radius 1 is 1.23 bits per heavy atom. The quantitative estimate of drug-likeness (QED) is 0.602. The fraction of sp³-hybridized carbons (Fsp3) is 0.350. The number of benzene rings is 1. The molecule has 0 radical (unpaired) electrons. The zero-order valence-corrected chi connectivity index (χ0v) is 16.2. The molecule has 1 aliphatic rings. The first-order valence-electron chi connectivity index (χ1n) is 9.55. The highest BCUT2D eigenvalue weighted by Gasteiger charge is 2.32. The van der Waals surface area contributed by atoms with Crippen LogP contribution in [0.5, 0.6) is 0 Å². The third-order valence-corrected chi connectivity index (χ3v) is 5.24. The van der Waals surface area contributed by atoms with Gasteiger partial charge < -0.3 is 15.6 Å². The largest absolute Gasteiger partial charge is 0.433 e. The summed E-state index contributed by atoms with van der Waals surface area (Å²) in [5.74, 6) is 0.845. The van der Waals surface area contributed by atoms with E-state index >= 15 is 0 Å². The number of aromatic amines is 1. The molecule has 3 heterocycles. The van der Waals surface area contributed by atoms with E-state index in [9.17, 15) is 18.0 Å². The lowest BCUT2D eigenvalue weighted by atomic mass is 9.97. The van der Waals surface area contributed by atoms with Gasteiger partial charge in [0.25, 0.3) is 0 Å². The summed E-state index contributed by atoms with van der Waals surface area (Å²) in [6.45, 7) is 0.772. The number of hydrogen-bond donors (Lipinski definition) is 3. The Balaban J connectivity index is 1.39. The molecule has 0 saturated carbocycles. The monoisotopic (exact) mass is 418 g/mol. The third-order valence-electron chi connectivity index (χ3n) is 5.24. The van der Waals surface area contributed by atoms with Gasteiger partial charge in [0.15, 0.2) is 0 Å². The predicted octanol–water partition coefficient (Wildman–Crippen LogP) is 3.93. The number of aromatic nitrogens is 3. The Bertz CT molecular complexity index is 1000. The summed E-state index contributed by atoms with van der Waals surface area (Å²) in [5, 5.41) is 5.44. The van der Waals surface area contributed by atoms with Crippen LogP contribution in [-0.4, -0.2) is 45.5 Å². The summed E-state index contributed by atoms with van der Waals surface area (Å²) in [6, 6.07) is 9.25. The molecule has 0 aliphatic carbocycles. The topological polar surface area (TPSA) is 85.9 Å². The number of amides is 2. The molecule has 30 heavy (non-hydrogen) atoms. The van der Waals surface area contributed by atoms with Crippen molar-refractivity contribution >= 4 is 22.8 Å². The number of nitrogens with one attached hydrogen (secondary N) is 3. The van der Waals surface area contributed by atoms with Crippen LogP contribution in [0.15, 0.2) is 42.6 Å². The standard InChI is InChI=1S/C20H21F3N6O/c1-29-9-8-12(10-16(29)18-27-14-4-2-3-5-15(14)28-18)25-19(30)26-13-6-7-17(24-11-13)20(21,22)23/h2-7,11-12,16H,8-10H2,1H3,(H,27,28)(H2,25,26,30)/t12-,16-/m1/s1. The van der Waals surface area contributed by atoms with E-state index in [0.29, 0.717) is 6.42 Å². The first kappa shape index (κ1) is 20.1. The van der Waals surface area contributed by atoms with E-state index in [1.54, 1.807) is 0 Å². The number of carbonyl (C=O) groups excluding carboxylic acids is 1. The highest BCUT2D eigenvalue weighted by molar-refractivity contribution is 5.89. The number of likely N-dealkylation sites (tertiary alicyclic amines) is 1. The average Bonchev–Trinajstić information content (AvgIpc) is 3.13. The minimum Gasteiger partial charge on any atom is -0.341 e. The van der Waals surface area contributed by atoms with Crippen molar-refractivity contribution in [2.45, 2.75) is 31.1 Å². The minimum atomic E-state index is -4.51. The van der Waals surface area contributed by atoms with Crippen LogP contribution in [0.1, 0.15) is 30.4 Å². The van der Waals surface area contributed by atoms with Gasteiger partial charge >= 0.3 is 12.2 Å². The fourth-order valence-electron chi connectivity index (χ4n) is 3.65. The van der Waals surface area contributed by atoms with Crippen LogP contribution in [0.25, 0.3) is 11.0 Å². The van der Waals surface area contributed by atoms with Gasteiger partial charge in [0.1, 0.15) is 11.5 Å². The molecule has 0 unspecified atom stereocenters. The van der Waals surface area contributed by atoms with E-state index in [2.05, 4.69) is 30.5 Å². The van der Waals surface area contributed by atoms with E-state index < -0.39 is 17.9 Å². The van der Waals surface area contributed by atoms with Gasteiger partial charge in [-0.15, -0.1) is 0 Å². The average molecular weight is 418 g/mol. The molecule has 3 N–H and O–H groups in total. The zero-order chi connectivity index (χ0) is 21.3. The van der Waals surface area contributed by atoms with Gasteiger partial charge in [-0.2, -0.15) is 13.2 Å². The number of fused-ring (bicyclic) bond motifs is 1. The number of imidazole rings is 1. The molecular weight excluding hydrogens is 397 g/mol. The molecule has 0 spiro atoms. The summed E-state index contributed by atoms with van der Waals surface area (Å²) in [7, 11) is 2.02. The van der Waals surface area contributed by atoms with E-state index in [1.807, 2.05) is 31.3 Å². The molecule has 2 atom stereocenters. The first-order chi connectivity index (χ1) is 14.3. The fourth-order valence-corrected chi connectivity index (χ4v) is 3.65. The van der Waals surface area contributed by atoms with Gasteiger partial charge in [-0.25, -0.2) is 14.8 Å². The molecular formula is C20H21F3N6O. The number of pyridine rings is 1. The van der Waals surface area contributed by atoms with Crippen LogP contribution in [0, 0.1) is 0 Å². The van der Waals surface area contributed by atoms with Crippen molar-refractivity contribution in [3.05, 3.63) is 54.1 Å². The number of H-pyrrole nitrogens is 1. The summed E-state index contributed by atoms with van der Waals surface area (Å²) in [4.78, 5) is 25.9. The summed E-state index contributed by atoms with van der Waals surface area (Å²) >= 11 is 0. The molecule has 1 saturated heterocycles. The molecule has 1 fully saturated rings. The van der Waals surface area contributed by atoms with Gasteiger partial charge in [-0.3, -0.25) is 4.90 Å². The van der Waals surface area contributed by atoms with Crippen molar-refractivity contribution in [3.8, 4) is 0 Å². The summed E-state index contributed by atoms with van der Waals surface area (Å²) in [5.41, 5.74) is 1.05. The second-order valence-corrected chi connectivity index (χ2v) is 7.39. The van der Waals surface area contributed by atoms with Gasteiger partial charge in [0.2, 0.25) is 0 Å². The Hall–Kier alpha value is -3.14. The number of anilines is 1. The number of piperidine rings is 1. The lowest BCUT2D eigenvalue weighted by Gasteiger charge is -2.36. The van der Waals surface area contributed by atoms with Crippen LogP contribution < -0.4 is 10.6 Å². The number of urea groups is 1. The number of para-hydroxylation sites is 2. The summed E-state index contributed by atoms with van der Waals surface area (Å²) in [6.07, 6.45) is -2.10. The molecule has 2 aromatic heterocycles. The Morgan fingerprint density at radius 2 is 2.03 bits per heavy atom. The number of rotatable bonds is 3. The molecule has 1 aromatic carbocycles. The predicted molar refractivity (Wildman–Crippen MR) is 106 cm³/mol. The second-order valence-electron chi connectivity index (χ2n) is 7.39. The molecule has 4 rings (SSSR count). The van der Waals surface area contributed by atoms with Crippen molar-refractivity contribution in [3.63, 3.8) is 0 Å². The maximum Gasteiger partial charge on any atom is 0.433 e. The lowest BCUT2D eigenvalue weighted by Crippen LogP contribution is -2.46. The second kappa shape index (κ2) is 7.94. The van der Waals surface area contributed by atoms with Crippen molar-refractivity contribution < 1.29 is 18.0 Å². The van der Waals surface area contributed by atoms with Crippen molar-refractivity contribution in [1.29, 1.82) is 0 Å². The van der Waals surface area contributed by atoms with Crippen molar-refractivity contribution in [2.75, 3.05) is 18.9 Å². The maximum absolute atomic E-state index is 12.6. The Morgan fingerprint density at radius 3 is 2.73 bits per heavy atom. The van der Waals surface area contributed by atoms with Gasteiger partial charge in [0, 0.05) is 12.6 Å². The van der Waals surface area contributed by atoms with E-state index in [4.69, 9.17) is 0 Å². The minimum absolute atomic E-state index is 0.0178. The molecule has 7 nitrogen and oxygen atoms in total. The number of halogens is 3. The van der Waals surface area contributed by atoms with Crippen LogP contribution >= 0.6 is 0 Å². The number of nitrogens with zero attached hydrogens (tertiary/aromatic N) is 3. The molecule has 3 aromatic rings. The zero-order valence-electron chi connectivity index (χ0n) is 16.2. The number of alkyl halides is 3. The van der Waals surface area contributed by atoms with Gasteiger partial charge in [-0.1, -0.05) is 12.1 Å². The van der Waals surface area contributed by atoms with Crippen LogP contribution in [0.4, 0.5) is 23.7 Å². The SMILES string of the molecule is CN1CC[C@@H](NC(=O)Nc2ccc(C(F)(F)F)nc2)C[C@@H]1c1nc2ccccc2[nH]1. The van der Waals surface area contributed by atoms with Crippen LogP contribution in [0.2, 0.25) is 0 Å². The van der Waals surface area contributed by atoms with E-state index in [1.165, 1.54) is 6.07 Å². The van der Waals surface area contributed by atoms with Crippen LogP contribution in [0.3, 0.4) is 0 Å². The van der Waals surface area contributed by atoms with Gasteiger partial charge in [0.05, 0.1) is 29.0 Å². The lowest BCUT2D eigenvalue weighted by molar-refractivity contribution is -0.141. The highest BCUT2D eigenvalue weighted by atomic mass is 19.4. The highest BCUT2D eigenvalue weighted by Crippen LogP contribution is 2.30. The Kier molecular flexibility index (Phi) is 5.33. The number of carbonyl (C=O) groups is 1. The maximum atomic E-state index is 12.6. The third kappa shape index (κ3) is 4.38. The smallest absolute Gasteiger partial charge is 0.341 e. The number of hydrogen-bond acceptors (Lipinski definition) is 4. The van der Waals surface area contributed by atoms with Crippen molar-refractivity contribution in [2.24, 2.45) is 0 Å². The summed E-state index contributed by atoms with van der Waals surface area (Å²) < 4.78 is 37.8. The molecule has 0 bridgehead atoms. The molecule has 1 aliphatic heterocycles. The first-order valence-corrected chi connectivity index (χ1v) is 9.55. The van der Waals surface area contributed by atoms with Crippen LogP contribution in [-0.2, 0) is 6.18 Å².